The van der Waals surface area contributed by atoms with Gasteiger partial charge in [-0.3, -0.25) is 0 Å². The first-order valence-electron chi connectivity index (χ1n) is 4.64. The van der Waals surface area contributed by atoms with Crippen molar-refractivity contribution in [2.75, 3.05) is 5.75 Å². The first kappa shape index (κ1) is 9.40. The van der Waals surface area contributed by atoms with Crippen LogP contribution in [0.5, 0.6) is 0 Å². The largest absolute Gasteiger partial charge is 0.300 e. The first-order chi connectivity index (χ1) is 5.22. The Hall–Kier alpha value is 0.310. The van der Waals surface area contributed by atoms with E-state index in [4.69, 9.17) is 0 Å². The highest BCUT2D eigenvalue weighted by Crippen LogP contribution is 2.34. The monoisotopic (exact) mass is 173 g/mol. The molecule has 0 aromatic carbocycles. The third kappa shape index (κ3) is 2.12. The predicted molar refractivity (Wildman–Crippen MR) is 53.0 cm³/mol. The van der Waals surface area contributed by atoms with E-state index >= 15 is 0 Å². The highest BCUT2D eigenvalue weighted by molar-refractivity contribution is 8.00. The van der Waals surface area contributed by atoms with Crippen LogP contribution in [0, 0.1) is 0 Å². The number of thioether (sulfide) groups is 1. The van der Waals surface area contributed by atoms with E-state index in [1.54, 1.807) is 0 Å². The molecule has 1 aliphatic heterocycles. The zero-order valence-corrected chi connectivity index (χ0v) is 8.63. The summed E-state index contributed by atoms with van der Waals surface area (Å²) in [6, 6.07) is 0.719. The molecule has 1 saturated heterocycles. The summed E-state index contributed by atoms with van der Waals surface area (Å²) >= 11 is 2.10. The smallest absolute Gasteiger partial charge is 0.0641 e. The molecule has 0 aromatic rings. The van der Waals surface area contributed by atoms with Crippen LogP contribution in [0.3, 0.4) is 0 Å². The molecule has 0 spiro atoms. The van der Waals surface area contributed by atoms with E-state index in [1.807, 2.05) is 0 Å². The van der Waals surface area contributed by atoms with Crippen LogP contribution < -0.4 is 5.32 Å². The van der Waals surface area contributed by atoms with Crippen LogP contribution in [0.25, 0.3) is 0 Å². The quantitative estimate of drug-likeness (QED) is 0.689. The van der Waals surface area contributed by atoms with Crippen LogP contribution in [0.1, 0.15) is 40.0 Å². The van der Waals surface area contributed by atoms with Crippen molar-refractivity contribution in [2.24, 2.45) is 0 Å². The first-order valence-corrected chi connectivity index (χ1v) is 5.62. The van der Waals surface area contributed by atoms with Crippen LogP contribution in [0.4, 0.5) is 0 Å². The molecule has 0 aliphatic carbocycles. The van der Waals surface area contributed by atoms with Crippen molar-refractivity contribution < 1.29 is 0 Å². The maximum absolute atomic E-state index is 3.69. The van der Waals surface area contributed by atoms with E-state index in [9.17, 15) is 0 Å². The molecule has 1 N–H and O–H groups in total. The van der Waals surface area contributed by atoms with Gasteiger partial charge < -0.3 is 5.32 Å². The van der Waals surface area contributed by atoms with Crippen molar-refractivity contribution in [2.45, 2.75) is 50.9 Å². The summed E-state index contributed by atoms with van der Waals surface area (Å²) in [6.07, 6.45) is 3.82. The number of hydrogen-bond donors (Lipinski definition) is 1. The Balaban J connectivity index is 2.52. The normalized spacial score (nSPS) is 30.3. The van der Waals surface area contributed by atoms with Gasteiger partial charge in [0.1, 0.15) is 0 Å². The van der Waals surface area contributed by atoms with Crippen LogP contribution in [-0.2, 0) is 0 Å². The van der Waals surface area contributed by atoms with Gasteiger partial charge in [0.15, 0.2) is 0 Å². The summed E-state index contributed by atoms with van der Waals surface area (Å²) in [5.74, 6) is 1.33. The zero-order valence-electron chi connectivity index (χ0n) is 7.81. The molecule has 2 heteroatoms. The average molecular weight is 173 g/mol. The Morgan fingerprint density at radius 3 is 2.45 bits per heavy atom. The molecule has 1 fully saturated rings. The summed E-state index contributed by atoms with van der Waals surface area (Å²) in [5, 5.41) is 3.69. The molecule has 1 atom stereocenters. The number of hydrogen-bond acceptors (Lipinski definition) is 2. The van der Waals surface area contributed by atoms with Gasteiger partial charge in [-0.15, -0.1) is 11.8 Å². The van der Waals surface area contributed by atoms with Crippen LogP contribution in [0.2, 0.25) is 0 Å². The van der Waals surface area contributed by atoms with Gasteiger partial charge in [-0.25, -0.2) is 0 Å². The molecule has 0 amide bonds. The number of nitrogens with one attached hydrogen (secondary N) is 1. The van der Waals surface area contributed by atoms with Gasteiger partial charge in [0.2, 0.25) is 0 Å². The Morgan fingerprint density at radius 2 is 2.09 bits per heavy atom. The van der Waals surface area contributed by atoms with Crippen molar-refractivity contribution in [3.05, 3.63) is 0 Å². The van der Waals surface area contributed by atoms with Crippen molar-refractivity contribution in [3.8, 4) is 0 Å². The number of rotatable bonds is 2. The van der Waals surface area contributed by atoms with Gasteiger partial charge in [0, 0.05) is 6.04 Å². The highest BCUT2D eigenvalue weighted by Gasteiger charge is 2.31. The maximum Gasteiger partial charge on any atom is 0.0641 e. The lowest BCUT2D eigenvalue weighted by molar-refractivity contribution is 0.368. The molecule has 0 bridgehead atoms. The second kappa shape index (κ2) is 3.81. The van der Waals surface area contributed by atoms with E-state index in [-0.39, 0.29) is 0 Å². The Kier molecular flexibility index (Phi) is 3.26. The van der Waals surface area contributed by atoms with Crippen LogP contribution >= 0.6 is 11.8 Å². The second-order valence-corrected chi connectivity index (χ2v) is 4.86. The Morgan fingerprint density at radius 1 is 1.45 bits per heavy atom. The van der Waals surface area contributed by atoms with E-state index in [0.717, 1.165) is 6.04 Å². The predicted octanol–water partition coefficient (Wildman–Crippen LogP) is 2.62. The summed E-state index contributed by atoms with van der Waals surface area (Å²) in [4.78, 5) is 0.400. The zero-order chi connectivity index (χ0) is 8.32. The summed E-state index contributed by atoms with van der Waals surface area (Å²) < 4.78 is 0. The maximum atomic E-state index is 3.69. The van der Waals surface area contributed by atoms with Crippen LogP contribution in [-0.4, -0.2) is 16.7 Å². The van der Waals surface area contributed by atoms with Gasteiger partial charge in [-0.2, -0.15) is 0 Å². The topological polar surface area (TPSA) is 12.0 Å². The van der Waals surface area contributed by atoms with Gasteiger partial charge in [0.05, 0.1) is 4.87 Å². The SMILES string of the molecule is CCC1(CC)NC(C)CCS1. The minimum atomic E-state index is 0.400. The molecule has 66 valence electrons. The molecular weight excluding hydrogens is 154 g/mol. The lowest BCUT2D eigenvalue weighted by Crippen LogP contribution is -2.49. The molecule has 11 heavy (non-hydrogen) atoms. The fourth-order valence-corrected chi connectivity index (χ4v) is 3.21. The standard InChI is InChI=1S/C9H19NS/c1-4-9(5-2)10-8(3)6-7-11-9/h8,10H,4-7H2,1-3H3. The van der Waals surface area contributed by atoms with E-state index in [2.05, 4.69) is 37.8 Å². The third-order valence-electron chi connectivity index (χ3n) is 2.58. The molecule has 1 nitrogen and oxygen atoms in total. The van der Waals surface area contributed by atoms with Crippen molar-refractivity contribution in [1.82, 2.24) is 5.32 Å². The highest BCUT2D eigenvalue weighted by atomic mass is 32.2. The van der Waals surface area contributed by atoms with Crippen molar-refractivity contribution in [1.29, 1.82) is 0 Å². The van der Waals surface area contributed by atoms with E-state index < -0.39 is 0 Å². The fraction of sp³-hybridized carbons (Fsp3) is 1.00. The van der Waals surface area contributed by atoms with Crippen molar-refractivity contribution in [3.63, 3.8) is 0 Å². The summed E-state index contributed by atoms with van der Waals surface area (Å²) in [6.45, 7) is 6.85. The average Bonchev–Trinajstić information content (AvgIpc) is 2.04. The molecule has 1 unspecified atom stereocenters. The minimum absolute atomic E-state index is 0.400. The molecule has 0 saturated carbocycles. The lowest BCUT2D eigenvalue weighted by Gasteiger charge is -2.39. The van der Waals surface area contributed by atoms with E-state index in [0.29, 0.717) is 4.87 Å². The summed E-state index contributed by atoms with van der Waals surface area (Å²) in [7, 11) is 0. The van der Waals surface area contributed by atoms with Crippen molar-refractivity contribution >= 4 is 11.8 Å². The van der Waals surface area contributed by atoms with Gasteiger partial charge >= 0.3 is 0 Å². The Bertz CT molecular complexity index is 121. The van der Waals surface area contributed by atoms with E-state index in [1.165, 1.54) is 25.0 Å². The molecule has 1 aliphatic rings. The molecule has 0 aromatic heterocycles. The van der Waals surface area contributed by atoms with Gasteiger partial charge in [-0.1, -0.05) is 13.8 Å². The third-order valence-corrected chi connectivity index (χ3v) is 4.27. The molecule has 1 heterocycles. The second-order valence-electron chi connectivity index (χ2n) is 3.38. The van der Waals surface area contributed by atoms with Gasteiger partial charge in [-0.05, 0) is 31.9 Å². The Labute approximate surface area is 74.3 Å². The lowest BCUT2D eigenvalue weighted by atomic mass is 10.1. The van der Waals surface area contributed by atoms with Gasteiger partial charge in [0.25, 0.3) is 0 Å². The molecule has 0 radical (unpaired) electrons. The fourth-order valence-electron chi connectivity index (χ4n) is 1.65. The summed E-state index contributed by atoms with van der Waals surface area (Å²) in [5.41, 5.74) is 0. The molecule has 1 rings (SSSR count). The minimum Gasteiger partial charge on any atom is -0.300 e. The van der Waals surface area contributed by atoms with Crippen LogP contribution in [0.15, 0.2) is 0 Å². The molecular formula is C9H19NS.